The van der Waals surface area contributed by atoms with Gasteiger partial charge in [0.15, 0.2) is 5.75 Å². The minimum atomic E-state index is -4.37. The molecule has 2 aliphatic rings. The number of hydrogen-bond donors (Lipinski definition) is 0. The minimum Gasteiger partial charge on any atom is -0.748 e. The van der Waals surface area contributed by atoms with Crippen molar-refractivity contribution in [3.05, 3.63) is 83.2 Å². The molecule has 3 aromatic rings. The van der Waals surface area contributed by atoms with Crippen LogP contribution in [0.3, 0.4) is 0 Å². The Morgan fingerprint density at radius 2 is 1.70 bits per heavy atom. The molecule has 1 atom stereocenters. The number of unbranched alkanes of at least 4 members (excludes halogenated alkanes) is 1. The third-order valence-electron chi connectivity index (χ3n) is 7.29. The van der Waals surface area contributed by atoms with E-state index in [0.29, 0.717) is 36.0 Å². The van der Waals surface area contributed by atoms with Crippen molar-refractivity contribution in [3.8, 4) is 5.75 Å². The van der Waals surface area contributed by atoms with Crippen LogP contribution in [-0.2, 0) is 20.2 Å². The van der Waals surface area contributed by atoms with Crippen molar-refractivity contribution in [1.29, 1.82) is 0 Å². The van der Waals surface area contributed by atoms with Gasteiger partial charge in [0.25, 0.3) is 0 Å². The van der Waals surface area contributed by atoms with E-state index in [1.165, 1.54) is 0 Å². The zero-order valence-electron chi connectivity index (χ0n) is 24.4. The van der Waals surface area contributed by atoms with Crippen LogP contribution in [-0.4, -0.2) is 55.9 Å². The first kappa shape index (κ1) is 35.1. The van der Waals surface area contributed by atoms with Crippen molar-refractivity contribution in [2.24, 2.45) is 0 Å². The van der Waals surface area contributed by atoms with Gasteiger partial charge in [0.05, 0.1) is 37.0 Å². The van der Waals surface area contributed by atoms with Gasteiger partial charge in [-0.05, 0) is 67.0 Å². The Kier molecular flexibility index (Phi) is 11.8. The van der Waals surface area contributed by atoms with Crippen LogP contribution in [0.5, 0.6) is 5.75 Å². The molecule has 9 nitrogen and oxygen atoms in total. The van der Waals surface area contributed by atoms with Gasteiger partial charge in [-0.1, -0.05) is 60.6 Å². The molecule has 2 heterocycles. The van der Waals surface area contributed by atoms with Gasteiger partial charge in [0.1, 0.15) is 0 Å². The van der Waals surface area contributed by atoms with Gasteiger partial charge in [-0.3, -0.25) is 0 Å². The first-order valence-corrected chi connectivity index (χ1v) is 18.3. The number of hydrogen-bond acceptors (Lipinski definition) is 10. The zero-order chi connectivity index (χ0) is 30.8. The average molecular weight is 686 g/mol. The molecule has 0 fully saturated rings. The van der Waals surface area contributed by atoms with Crippen molar-refractivity contribution in [3.63, 3.8) is 0 Å². The molecule has 1 unspecified atom stereocenters. The molecule has 0 saturated carbocycles. The zero-order valence-corrected chi connectivity index (χ0v) is 29.6. The smallest absolute Gasteiger partial charge is 0.748 e. The van der Waals surface area contributed by atoms with Gasteiger partial charge in [-0.15, -0.1) is 0 Å². The SMILES string of the molecule is CCC(=CC1Sc2ccc(Cl)cc2N1CCCCS(=O)(=O)[O-])C=C1Oc2ccc3ccccc3c2N1CCCS(=O)(=O)[O-].[Na+]. The molecular formula is C30H31ClN2NaO7S3-. The number of halogens is 1. The molecule has 3 aromatic carbocycles. The Bertz CT molecular complexity index is 1800. The van der Waals surface area contributed by atoms with Gasteiger partial charge in [-0.25, -0.2) is 16.8 Å². The quantitative estimate of drug-likeness (QED) is 0.159. The maximum atomic E-state index is 11.4. The molecule has 0 aromatic heterocycles. The van der Waals surface area contributed by atoms with E-state index < -0.39 is 31.7 Å². The molecule has 0 bridgehead atoms. The fourth-order valence-corrected chi connectivity index (χ4v) is 7.79. The number of anilines is 2. The van der Waals surface area contributed by atoms with E-state index in [1.54, 1.807) is 11.8 Å². The molecule has 0 amide bonds. The fourth-order valence-electron chi connectivity index (χ4n) is 5.29. The van der Waals surface area contributed by atoms with E-state index >= 15 is 0 Å². The maximum Gasteiger partial charge on any atom is 1.00 e. The van der Waals surface area contributed by atoms with Crippen molar-refractivity contribution in [1.82, 2.24) is 0 Å². The van der Waals surface area contributed by atoms with E-state index in [-0.39, 0.29) is 54.3 Å². The topological polar surface area (TPSA) is 130 Å². The van der Waals surface area contributed by atoms with Gasteiger partial charge in [0, 0.05) is 46.0 Å². The predicted octanol–water partition coefficient (Wildman–Crippen LogP) is 3.07. The second-order valence-corrected chi connectivity index (χ2v) is 15.0. The maximum absolute atomic E-state index is 11.4. The number of rotatable bonds is 12. The van der Waals surface area contributed by atoms with Crippen molar-refractivity contribution in [2.75, 3.05) is 34.4 Å². The standard InChI is InChI=1S/C30H33ClN2O7S3.Na/c1-2-21(19-29-32(14-5-6-16-42(34,35)36)25-20-23(31)11-13-27(25)41-29)18-28-33(15-7-17-43(37,38)39)30-24-9-4-3-8-22(24)10-12-26(30)40-28;/h3-4,8-13,18-20,29H,2,5-7,14-17H2,1H3,(H,34,35,36)(H,37,38,39);/q;+1/p-2. The van der Waals surface area contributed by atoms with Crippen LogP contribution in [0, 0.1) is 0 Å². The second kappa shape index (κ2) is 14.8. The molecule has 0 spiro atoms. The van der Waals surface area contributed by atoms with Crippen LogP contribution in [0.1, 0.15) is 32.6 Å². The van der Waals surface area contributed by atoms with Crippen molar-refractivity contribution >= 4 is 65.7 Å². The number of thioether (sulfide) groups is 1. The summed E-state index contributed by atoms with van der Waals surface area (Å²) in [4.78, 5) is 5.14. The molecular weight excluding hydrogens is 655 g/mol. The van der Waals surface area contributed by atoms with Crippen molar-refractivity contribution in [2.45, 2.75) is 42.9 Å². The van der Waals surface area contributed by atoms with Gasteiger partial charge in [-0.2, -0.15) is 0 Å². The summed E-state index contributed by atoms with van der Waals surface area (Å²) in [7, 11) is -8.64. The normalized spacial score (nSPS) is 17.5. The fraction of sp³-hybridized carbons (Fsp3) is 0.333. The largest absolute Gasteiger partial charge is 1.00 e. The number of fused-ring (bicyclic) bond motifs is 4. The molecule has 0 saturated heterocycles. The van der Waals surface area contributed by atoms with Gasteiger partial charge < -0.3 is 23.6 Å². The number of allylic oxidation sites excluding steroid dienone is 2. The second-order valence-electron chi connectivity index (χ2n) is 10.4. The summed E-state index contributed by atoms with van der Waals surface area (Å²) in [5.41, 5.74) is 2.75. The Labute approximate surface area is 290 Å². The average Bonchev–Trinajstić information content (AvgIpc) is 3.46. The molecule has 44 heavy (non-hydrogen) atoms. The van der Waals surface area contributed by atoms with Crippen LogP contribution >= 0.6 is 23.4 Å². The summed E-state index contributed by atoms with van der Waals surface area (Å²) in [6.07, 6.45) is 5.66. The summed E-state index contributed by atoms with van der Waals surface area (Å²) in [5, 5.41) is 2.44. The van der Waals surface area contributed by atoms with Crippen LogP contribution in [0.15, 0.2) is 83.1 Å². The van der Waals surface area contributed by atoms with Crippen LogP contribution in [0.25, 0.3) is 10.8 Å². The Morgan fingerprint density at radius 1 is 0.977 bits per heavy atom. The summed E-state index contributed by atoms with van der Waals surface area (Å²) in [6.45, 7) is 2.85. The Balaban J connectivity index is 0.00000442. The number of ether oxygens (including phenoxy) is 1. The molecule has 2 aliphatic heterocycles. The summed E-state index contributed by atoms with van der Waals surface area (Å²) >= 11 is 7.97. The molecule has 230 valence electrons. The molecule has 0 radical (unpaired) electrons. The molecule has 14 heteroatoms. The molecule has 0 N–H and O–H groups in total. The summed E-state index contributed by atoms with van der Waals surface area (Å²) < 4.78 is 73.7. The predicted molar refractivity (Wildman–Crippen MR) is 170 cm³/mol. The minimum absolute atomic E-state index is 0. The van der Waals surface area contributed by atoms with Crippen LogP contribution in [0.4, 0.5) is 11.4 Å². The van der Waals surface area contributed by atoms with E-state index in [0.717, 1.165) is 32.6 Å². The third-order valence-corrected chi connectivity index (χ3v) is 10.3. The van der Waals surface area contributed by atoms with Crippen LogP contribution < -0.4 is 44.1 Å². The molecule has 5 rings (SSSR count). The van der Waals surface area contributed by atoms with E-state index in [4.69, 9.17) is 16.3 Å². The first-order valence-electron chi connectivity index (χ1n) is 13.9. The van der Waals surface area contributed by atoms with Crippen LogP contribution in [0.2, 0.25) is 5.02 Å². The van der Waals surface area contributed by atoms with E-state index in [1.807, 2.05) is 72.5 Å². The Hall–Kier alpha value is -1.74. The van der Waals surface area contributed by atoms with E-state index in [9.17, 15) is 25.9 Å². The van der Waals surface area contributed by atoms with E-state index in [2.05, 4.69) is 11.0 Å². The van der Waals surface area contributed by atoms with Gasteiger partial charge in [0.2, 0.25) is 5.88 Å². The summed E-state index contributed by atoms with van der Waals surface area (Å²) in [6, 6.07) is 17.4. The third kappa shape index (κ3) is 8.74. The number of benzene rings is 3. The molecule has 0 aliphatic carbocycles. The first-order chi connectivity index (χ1) is 20.4. The van der Waals surface area contributed by atoms with Gasteiger partial charge >= 0.3 is 29.6 Å². The monoisotopic (exact) mass is 685 g/mol. The number of nitrogens with zero attached hydrogens (tertiary/aromatic N) is 2. The Morgan fingerprint density at radius 3 is 2.43 bits per heavy atom. The summed E-state index contributed by atoms with van der Waals surface area (Å²) in [5.74, 6) is 0.311. The van der Waals surface area contributed by atoms with Crippen molar-refractivity contribution < 1.29 is 60.2 Å².